The van der Waals surface area contributed by atoms with Gasteiger partial charge in [0.2, 0.25) is 5.91 Å². The van der Waals surface area contributed by atoms with Crippen LogP contribution in [0, 0.1) is 11.3 Å². The van der Waals surface area contributed by atoms with Gasteiger partial charge in [-0.3, -0.25) is 4.79 Å². The summed E-state index contributed by atoms with van der Waals surface area (Å²) in [4.78, 5) is 11.6. The minimum Gasteiger partial charge on any atom is -0.493 e. The zero-order valence-electron chi connectivity index (χ0n) is 10.7. The van der Waals surface area contributed by atoms with Crippen LogP contribution in [0.2, 0.25) is 0 Å². The molecule has 2 N–H and O–H groups in total. The van der Waals surface area contributed by atoms with Crippen LogP contribution in [-0.2, 0) is 4.79 Å². The van der Waals surface area contributed by atoms with Crippen LogP contribution in [0.1, 0.15) is 24.4 Å². The van der Waals surface area contributed by atoms with E-state index in [4.69, 9.17) is 10.00 Å². The van der Waals surface area contributed by atoms with Crippen LogP contribution in [0.3, 0.4) is 0 Å². The zero-order chi connectivity index (χ0) is 13.5. The van der Waals surface area contributed by atoms with Gasteiger partial charge in [-0.2, -0.15) is 5.26 Å². The van der Waals surface area contributed by atoms with Gasteiger partial charge in [-0.1, -0.05) is 18.2 Å². The molecule has 0 aromatic heterocycles. The molecule has 0 radical (unpaired) electrons. The third-order valence-electron chi connectivity index (χ3n) is 3.03. The van der Waals surface area contributed by atoms with Gasteiger partial charge in [0.05, 0.1) is 25.6 Å². The first-order valence-corrected chi connectivity index (χ1v) is 6.40. The normalized spacial score (nSPS) is 16.9. The van der Waals surface area contributed by atoms with Crippen LogP contribution < -0.4 is 15.4 Å². The highest BCUT2D eigenvalue weighted by molar-refractivity contribution is 5.78. The monoisotopic (exact) mass is 259 g/mol. The van der Waals surface area contributed by atoms with Crippen molar-refractivity contribution in [2.75, 3.05) is 19.7 Å². The first-order valence-electron chi connectivity index (χ1n) is 6.40. The molecule has 5 heteroatoms. The summed E-state index contributed by atoms with van der Waals surface area (Å²) in [5, 5.41) is 14.3. The lowest BCUT2D eigenvalue weighted by molar-refractivity contribution is -0.120. The molecule has 0 fully saturated rings. The van der Waals surface area contributed by atoms with Crippen LogP contribution in [0.15, 0.2) is 24.3 Å². The third kappa shape index (κ3) is 3.70. The molecule has 5 nitrogen and oxygen atoms in total. The van der Waals surface area contributed by atoms with Crippen LogP contribution in [-0.4, -0.2) is 25.6 Å². The Balaban J connectivity index is 1.84. The lowest BCUT2D eigenvalue weighted by Crippen LogP contribution is -2.37. The molecular weight excluding hydrogens is 242 g/mol. The lowest BCUT2D eigenvalue weighted by Gasteiger charge is -2.26. The van der Waals surface area contributed by atoms with Crippen LogP contribution in [0.5, 0.6) is 5.75 Å². The first kappa shape index (κ1) is 13.4. The fraction of sp³-hybridized carbons (Fsp3) is 0.429. The summed E-state index contributed by atoms with van der Waals surface area (Å²) in [5.74, 6) is 0.801. The molecule has 1 aromatic carbocycles. The Morgan fingerprint density at radius 2 is 2.32 bits per heavy atom. The molecule has 1 heterocycles. The van der Waals surface area contributed by atoms with Crippen molar-refractivity contribution in [1.82, 2.24) is 10.6 Å². The maximum atomic E-state index is 11.6. The van der Waals surface area contributed by atoms with E-state index in [9.17, 15) is 4.79 Å². The number of nitrogens with one attached hydrogen (secondary N) is 2. The molecule has 0 saturated carbocycles. The van der Waals surface area contributed by atoms with E-state index < -0.39 is 0 Å². The van der Waals surface area contributed by atoms with Gasteiger partial charge in [0.1, 0.15) is 5.75 Å². The summed E-state index contributed by atoms with van der Waals surface area (Å²) in [6, 6.07) is 10.00. The second kappa shape index (κ2) is 6.76. The smallest absolute Gasteiger partial charge is 0.234 e. The Hall–Kier alpha value is -2.06. The first-order chi connectivity index (χ1) is 9.31. The van der Waals surface area contributed by atoms with E-state index >= 15 is 0 Å². The van der Waals surface area contributed by atoms with Gasteiger partial charge in [0.15, 0.2) is 0 Å². The van der Waals surface area contributed by atoms with E-state index in [1.165, 1.54) is 0 Å². The van der Waals surface area contributed by atoms with Gasteiger partial charge < -0.3 is 15.4 Å². The van der Waals surface area contributed by atoms with Crippen molar-refractivity contribution < 1.29 is 9.53 Å². The number of carbonyl (C=O) groups is 1. The van der Waals surface area contributed by atoms with Crippen molar-refractivity contribution in [3.05, 3.63) is 29.8 Å². The predicted molar refractivity (Wildman–Crippen MR) is 70.5 cm³/mol. The molecule has 2 rings (SSSR count). The van der Waals surface area contributed by atoms with Crippen molar-refractivity contribution in [3.8, 4) is 11.8 Å². The average molecular weight is 259 g/mol. The fourth-order valence-electron chi connectivity index (χ4n) is 2.09. The standard InChI is InChI=1S/C14H17N3O2/c15-7-3-8-16-14(18)10-17-12-6-9-19-13-5-2-1-4-11(12)13/h1-2,4-5,12,17H,3,6,8-10H2,(H,16,18). The summed E-state index contributed by atoms with van der Waals surface area (Å²) in [5.41, 5.74) is 1.10. The second-order valence-corrected chi connectivity index (χ2v) is 4.37. The molecule has 0 spiro atoms. The highest BCUT2D eigenvalue weighted by Gasteiger charge is 2.20. The molecule has 0 aliphatic carbocycles. The number of hydrogen-bond donors (Lipinski definition) is 2. The number of carbonyl (C=O) groups excluding carboxylic acids is 1. The Bertz CT molecular complexity index is 482. The summed E-state index contributed by atoms with van der Waals surface area (Å²) in [7, 11) is 0. The maximum absolute atomic E-state index is 11.6. The third-order valence-corrected chi connectivity index (χ3v) is 3.03. The van der Waals surface area contributed by atoms with Crippen molar-refractivity contribution in [3.63, 3.8) is 0 Å². The van der Waals surface area contributed by atoms with Gasteiger partial charge in [-0.25, -0.2) is 0 Å². The summed E-state index contributed by atoms with van der Waals surface area (Å²) < 4.78 is 5.56. The summed E-state index contributed by atoms with van der Waals surface area (Å²) in [6.45, 7) is 1.32. The number of para-hydroxylation sites is 1. The highest BCUT2D eigenvalue weighted by atomic mass is 16.5. The number of hydrogen-bond acceptors (Lipinski definition) is 4. The second-order valence-electron chi connectivity index (χ2n) is 4.37. The fourth-order valence-corrected chi connectivity index (χ4v) is 2.09. The lowest BCUT2D eigenvalue weighted by atomic mass is 10.0. The van der Waals surface area contributed by atoms with Crippen molar-refractivity contribution in [1.29, 1.82) is 5.26 Å². The van der Waals surface area contributed by atoms with E-state index in [1.54, 1.807) is 0 Å². The molecule has 19 heavy (non-hydrogen) atoms. The number of benzene rings is 1. The quantitative estimate of drug-likeness (QED) is 0.777. The Kier molecular flexibility index (Phi) is 4.76. The molecule has 1 atom stereocenters. The van der Waals surface area contributed by atoms with E-state index in [2.05, 4.69) is 10.6 Å². The van der Waals surface area contributed by atoms with Crippen molar-refractivity contribution >= 4 is 5.91 Å². The Morgan fingerprint density at radius 1 is 1.47 bits per heavy atom. The number of rotatable bonds is 5. The number of nitriles is 1. The molecule has 1 aromatic rings. The summed E-state index contributed by atoms with van der Waals surface area (Å²) in [6.07, 6.45) is 1.19. The Morgan fingerprint density at radius 3 is 3.16 bits per heavy atom. The zero-order valence-corrected chi connectivity index (χ0v) is 10.7. The molecule has 1 unspecified atom stereocenters. The number of nitrogens with zero attached hydrogens (tertiary/aromatic N) is 1. The molecule has 1 amide bonds. The van der Waals surface area contributed by atoms with Crippen molar-refractivity contribution in [2.24, 2.45) is 0 Å². The molecule has 1 aliphatic heterocycles. The topological polar surface area (TPSA) is 74.2 Å². The average Bonchev–Trinajstić information content (AvgIpc) is 2.45. The molecule has 100 valence electrons. The van der Waals surface area contributed by atoms with Crippen molar-refractivity contribution in [2.45, 2.75) is 18.9 Å². The van der Waals surface area contributed by atoms with Crippen LogP contribution in [0.4, 0.5) is 0 Å². The molecule has 0 saturated heterocycles. The SMILES string of the molecule is N#CCCNC(=O)CNC1CCOc2ccccc21. The van der Waals surface area contributed by atoms with E-state index in [0.717, 1.165) is 17.7 Å². The molecular formula is C14H17N3O2. The number of ether oxygens (including phenoxy) is 1. The predicted octanol–water partition coefficient (Wildman–Crippen LogP) is 1.13. The minimum absolute atomic E-state index is 0.0841. The van der Waals surface area contributed by atoms with E-state index in [0.29, 0.717) is 19.6 Å². The van der Waals surface area contributed by atoms with E-state index in [1.807, 2.05) is 30.3 Å². The highest BCUT2D eigenvalue weighted by Crippen LogP contribution is 2.31. The van der Waals surface area contributed by atoms with Gasteiger partial charge in [0, 0.05) is 24.6 Å². The van der Waals surface area contributed by atoms with E-state index in [-0.39, 0.29) is 18.5 Å². The molecule has 0 bridgehead atoms. The van der Waals surface area contributed by atoms with Gasteiger partial charge in [-0.15, -0.1) is 0 Å². The van der Waals surface area contributed by atoms with Gasteiger partial charge in [0.25, 0.3) is 0 Å². The number of fused-ring (bicyclic) bond motifs is 1. The van der Waals surface area contributed by atoms with Crippen LogP contribution in [0.25, 0.3) is 0 Å². The van der Waals surface area contributed by atoms with Gasteiger partial charge >= 0.3 is 0 Å². The largest absolute Gasteiger partial charge is 0.493 e. The maximum Gasteiger partial charge on any atom is 0.234 e. The van der Waals surface area contributed by atoms with Gasteiger partial charge in [-0.05, 0) is 6.07 Å². The minimum atomic E-state index is -0.0841. The summed E-state index contributed by atoms with van der Waals surface area (Å²) >= 11 is 0. The Labute approximate surface area is 112 Å². The van der Waals surface area contributed by atoms with Crippen LogP contribution >= 0.6 is 0 Å². The molecule has 1 aliphatic rings. The number of amides is 1.